The first-order chi connectivity index (χ1) is 11.5. The number of amides is 2. The van der Waals surface area contributed by atoms with Gasteiger partial charge in [0, 0.05) is 16.2 Å². The summed E-state index contributed by atoms with van der Waals surface area (Å²) < 4.78 is 19.2. The molecular weight excluding hydrogens is 381 g/mol. The lowest BCUT2D eigenvalue weighted by Gasteiger charge is -2.10. The van der Waals surface area contributed by atoms with Crippen LogP contribution < -0.4 is 20.9 Å². The van der Waals surface area contributed by atoms with E-state index >= 15 is 0 Å². The first-order valence-corrected chi connectivity index (χ1v) is 7.71. The Morgan fingerprint density at radius 3 is 2.71 bits per heavy atom. The van der Waals surface area contributed by atoms with Crippen LogP contribution in [0, 0.1) is 5.82 Å². The van der Waals surface area contributed by atoms with E-state index in [1.807, 2.05) is 0 Å². The molecule has 0 saturated carbocycles. The third kappa shape index (κ3) is 4.95. The van der Waals surface area contributed by atoms with Crippen LogP contribution in [0.1, 0.15) is 10.4 Å². The van der Waals surface area contributed by atoms with Gasteiger partial charge in [-0.1, -0.05) is 22.0 Å². The van der Waals surface area contributed by atoms with Crippen LogP contribution >= 0.6 is 15.9 Å². The molecule has 0 unspecified atom stereocenters. The van der Waals surface area contributed by atoms with Gasteiger partial charge < -0.3 is 10.1 Å². The summed E-state index contributed by atoms with van der Waals surface area (Å²) >= 11 is 3.15. The van der Waals surface area contributed by atoms with Crippen molar-refractivity contribution in [1.82, 2.24) is 10.9 Å². The van der Waals surface area contributed by atoms with Crippen LogP contribution in [0.15, 0.2) is 46.9 Å². The van der Waals surface area contributed by atoms with Gasteiger partial charge in [-0.15, -0.1) is 0 Å². The fourth-order valence-corrected chi connectivity index (χ4v) is 2.19. The van der Waals surface area contributed by atoms with Crippen molar-refractivity contribution in [2.24, 2.45) is 0 Å². The Labute approximate surface area is 146 Å². The van der Waals surface area contributed by atoms with Crippen molar-refractivity contribution in [3.63, 3.8) is 0 Å². The van der Waals surface area contributed by atoms with Gasteiger partial charge in [0.2, 0.25) is 0 Å². The van der Waals surface area contributed by atoms with Crippen molar-refractivity contribution in [1.29, 1.82) is 0 Å². The molecule has 0 bridgehead atoms. The second-order valence-corrected chi connectivity index (χ2v) is 5.63. The smallest absolute Gasteiger partial charge is 0.272 e. The highest BCUT2D eigenvalue weighted by Gasteiger charge is 2.13. The summed E-state index contributed by atoms with van der Waals surface area (Å²) in [6.45, 7) is -0.0750. The standard InChI is InChI=1S/C16H15BrFN3O3/c1-24-12-4-2-3-11(8-12)19-9-15(22)20-21-16(23)13-7-10(17)5-6-14(13)18/h2-8,19H,9H2,1H3,(H,20,22)(H,21,23). The van der Waals surface area contributed by atoms with Gasteiger partial charge in [-0.3, -0.25) is 20.4 Å². The van der Waals surface area contributed by atoms with Crippen molar-refractivity contribution in [2.45, 2.75) is 0 Å². The molecule has 126 valence electrons. The van der Waals surface area contributed by atoms with Crippen LogP contribution in [0.5, 0.6) is 5.75 Å². The van der Waals surface area contributed by atoms with E-state index in [0.717, 1.165) is 6.07 Å². The second-order valence-electron chi connectivity index (χ2n) is 4.71. The van der Waals surface area contributed by atoms with Crippen molar-refractivity contribution in [2.75, 3.05) is 19.0 Å². The number of methoxy groups -OCH3 is 1. The summed E-state index contributed by atoms with van der Waals surface area (Å²) in [6, 6.07) is 11.0. The van der Waals surface area contributed by atoms with Crippen LogP contribution in [-0.4, -0.2) is 25.5 Å². The predicted molar refractivity (Wildman–Crippen MR) is 91.2 cm³/mol. The van der Waals surface area contributed by atoms with E-state index in [9.17, 15) is 14.0 Å². The lowest BCUT2D eigenvalue weighted by Crippen LogP contribution is -2.44. The molecule has 0 aliphatic carbocycles. The normalized spacial score (nSPS) is 9.96. The highest BCUT2D eigenvalue weighted by Crippen LogP contribution is 2.16. The van der Waals surface area contributed by atoms with Gasteiger partial charge in [0.15, 0.2) is 0 Å². The third-order valence-electron chi connectivity index (χ3n) is 3.01. The predicted octanol–water partition coefficient (Wildman–Crippen LogP) is 2.47. The molecule has 24 heavy (non-hydrogen) atoms. The van der Waals surface area contributed by atoms with Crippen LogP contribution in [0.4, 0.5) is 10.1 Å². The zero-order valence-corrected chi connectivity index (χ0v) is 14.3. The molecule has 2 amide bonds. The van der Waals surface area contributed by atoms with Gasteiger partial charge >= 0.3 is 0 Å². The maximum atomic E-state index is 13.6. The minimum atomic E-state index is -0.747. The molecule has 6 nitrogen and oxygen atoms in total. The largest absolute Gasteiger partial charge is 0.497 e. The van der Waals surface area contributed by atoms with Crippen molar-refractivity contribution < 1.29 is 18.7 Å². The Bertz CT molecular complexity index is 755. The lowest BCUT2D eigenvalue weighted by atomic mass is 10.2. The van der Waals surface area contributed by atoms with Gasteiger partial charge in [0.05, 0.1) is 19.2 Å². The molecule has 2 aromatic carbocycles. The molecule has 0 spiro atoms. The highest BCUT2D eigenvalue weighted by molar-refractivity contribution is 9.10. The summed E-state index contributed by atoms with van der Waals surface area (Å²) in [5, 5.41) is 2.88. The number of carbonyl (C=O) groups excluding carboxylic acids is 2. The molecule has 0 aliphatic heterocycles. The summed E-state index contributed by atoms with van der Waals surface area (Å²) in [5.41, 5.74) is 4.89. The van der Waals surface area contributed by atoms with E-state index in [4.69, 9.17) is 4.74 Å². The lowest BCUT2D eigenvalue weighted by molar-refractivity contribution is -0.120. The van der Waals surface area contributed by atoms with E-state index in [1.165, 1.54) is 12.1 Å². The molecule has 0 aromatic heterocycles. The van der Waals surface area contributed by atoms with Gasteiger partial charge in [-0.05, 0) is 30.3 Å². The molecule has 2 rings (SSSR count). The molecule has 0 fully saturated rings. The minimum Gasteiger partial charge on any atom is -0.497 e. The summed E-state index contributed by atoms with van der Waals surface area (Å²) in [5.74, 6) is -1.26. The third-order valence-corrected chi connectivity index (χ3v) is 3.50. The van der Waals surface area contributed by atoms with Crippen molar-refractivity contribution >= 4 is 33.4 Å². The molecule has 8 heteroatoms. The Morgan fingerprint density at radius 1 is 1.17 bits per heavy atom. The van der Waals surface area contributed by atoms with Crippen molar-refractivity contribution in [3.05, 3.63) is 58.3 Å². The Kier molecular flexibility index (Phi) is 6.14. The molecule has 3 N–H and O–H groups in total. The van der Waals surface area contributed by atoms with Crippen LogP contribution in [0.25, 0.3) is 0 Å². The Morgan fingerprint density at radius 2 is 1.96 bits per heavy atom. The molecule has 2 aromatic rings. The second kappa shape index (κ2) is 8.30. The summed E-state index contributed by atoms with van der Waals surface area (Å²) in [7, 11) is 1.54. The maximum Gasteiger partial charge on any atom is 0.272 e. The topological polar surface area (TPSA) is 79.5 Å². The van der Waals surface area contributed by atoms with Crippen LogP contribution in [-0.2, 0) is 4.79 Å². The van der Waals surface area contributed by atoms with Gasteiger partial charge in [-0.25, -0.2) is 4.39 Å². The fourth-order valence-electron chi connectivity index (χ4n) is 1.82. The molecule has 0 radical (unpaired) electrons. The molecular formula is C16H15BrFN3O3. The number of rotatable bonds is 5. The van der Waals surface area contributed by atoms with Crippen molar-refractivity contribution in [3.8, 4) is 5.75 Å². The number of anilines is 1. The molecule has 0 saturated heterocycles. The van der Waals surface area contributed by atoms with E-state index in [1.54, 1.807) is 31.4 Å². The minimum absolute atomic E-state index is 0.0750. The number of nitrogens with one attached hydrogen (secondary N) is 3. The van der Waals surface area contributed by atoms with Gasteiger partial charge in [0.25, 0.3) is 11.8 Å². The Hall–Kier alpha value is -2.61. The van der Waals surface area contributed by atoms with E-state index in [-0.39, 0.29) is 12.1 Å². The number of halogens is 2. The number of hydrogen-bond acceptors (Lipinski definition) is 4. The van der Waals surface area contributed by atoms with Crippen LogP contribution in [0.2, 0.25) is 0 Å². The number of carbonyl (C=O) groups is 2. The molecule has 0 atom stereocenters. The number of benzene rings is 2. The molecule has 0 aliphatic rings. The number of ether oxygens (including phenoxy) is 1. The number of hydrazine groups is 1. The summed E-state index contributed by atoms with van der Waals surface area (Å²) in [4.78, 5) is 23.6. The van der Waals surface area contributed by atoms with Gasteiger partial charge in [0.1, 0.15) is 11.6 Å². The van der Waals surface area contributed by atoms with Crippen LogP contribution in [0.3, 0.4) is 0 Å². The average Bonchev–Trinajstić information content (AvgIpc) is 2.60. The highest BCUT2D eigenvalue weighted by atomic mass is 79.9. The van der Waals surface area contributed by atoms with E-state index in [2.05, 4.69) is 32.1 Å². The van der Waals surface area contributed by atoms with E-state index < -0.39 is 17.6 Å². The SMILES string of the molecule is COc1cccc(NCC(=O)NNC(=O)c2cc(Br)ccc2F)c1. The first kappa shape index (κ1) is 17.7. The maximum absolute atomic E-state index is 13.6. The number of hydrogen-bond donors (Lipinski definition) is 3. The quantitative estimate of drug-likeness (QED) is 0.679. The van der Waals surface area contributed by atoms with Gasteiger partial charge in [-0.2, -0.15) is 0 Å². The average molecular weight is 396 g/mol. The summed E-state index contributed by atoms with van der Waals surface area (Å²) in [6.07, 6.45) is 0. The van der Waals surface area contributed by atoms with E-state index in [0.29, 0.717) is 15.9 Å². The Balaban J connectivity index is 1.84. The zero-order valence-electron chi connectivity index (χ0n) is 12.7. The first-order valence-electron chi connectivity index (χ1n) is 6.92. The fraction of sp³-hybridized carbons (Fsp3) is 0.125. The molecule has 0 heterocycles. The zero-order chi connectivity index (χ0) is 17.5. The monoisotopic (exact) mass is 395 g/mol.